The van der Waals surface area contributed by atoms with E-state index in [1.165, 1.54) is 24.8 Å². The zero-order valence-electron chi connectivity index (χ0n) is 14.6. The van der Waals surface area contributed by atoms with Crippen LogP contribution < -0.4 is 0 Å². The van der Waals surface area contributed by atoms with Gasteiger partial charge in [-0.25, -0.2) is 0 Å². The SMILES string of the molecule is CC(C)(C)[Si](C)(C)OC[C@@H]1OC(=C2CCCCC2)O[C@H]1C=O. The second-order valence-electron chi connectivity index (χ2n) is 7.90. The molecule has 1 saturated carbocycles. The van der Waals surface area contributed by atoms with Crippen LogP contribution in [0.15, 0.2) is 11.5 Å². The van der Waals surface area contributed by atoms with Crippen molar-refractivity contribution in [2.24, 2.45) is 0 Å². The molecule has 126 valence electrons. The molecule has 0 aromatic carbocycles. The first-order chi connectivity index (χ1) is 10.2. The number of allylic oxidation sites excluding steroid dienone is 1. The van der Waals surface area contributed by atoms with Gasteiger partial charge in [-0.15, -0.1) is 0 Å². The first-order valence-electron chi connectivity index (χ1n) is 8.39. The highest BCUT2D eigenvalue weighted by Gasteiger charge is 2.41. The lowest BCUT2D eigenvalue weighted by molar-refractivity contribution is -0.115. The highest BCUT2D eigenvalue weighted by atomic mass is 28.4. The van der Waals surface area contributed by atoms with E-state index in [0.717, 1.165) is 19.1 Å². The number of hydrogen-bond acceptors (Lipinski definition) is 4. The van der Waals surface area contributed by atoms with Crippen LogP contribution >= 0.6 is 0 Å². The van der Waals surface area contributed by atoms with Crippen LogP contribution in [0.4, 0.5) is 0 Å². The predicted octanol–water partition coefficient (Wildman–Crippen LogP) is 4.17. The lowest BCUT2D eigenvalue weighted by Gasteiger charge is -2.36. The maximum atomic E-state index is 11.3. The molecule has 5 heteroatoms. The minimum Gasteiger partial charge on any atom is -0.455 e. The van der Waals surface area contributed by atoms with Crippen LogP contribution in [0.2, 0.25) is 18.1 Å². The fourth-order valence-electron chi connectivity index (χ4n) is 2.53. The molecule has 0 unspecified atom stereocenters. The Labute approximate surface area is 135 Å². The number of ether oxygens (including phenoxy) is 2. The van der Waals surface area contributed by atoms with Crippen LogP contribution in [-0.2, 0) is 18.7 Å². The summed E-state index contributed by atoms with van der Waals surface area (Å²) in [4.78, 5) is 11.3. The Balaban J connectivity index is 2.00. The number of rotatable bonds is 4. The van der Waals surface area contributed by atoms with Gasteiger partial charge in [-0.3, -0.25) is 4.79 Å². The summed E-state index contributed by atoms with van der Waals surface area (Å²) in [6, 6.07) is 0. The zero-order valence-corrected chi connectivity index (χ0v) is 15.6. The molecule has 0 N–H and O–H groups in total. The fraction of sp³-hybridized carbons (Fsp3) is 0.824. The summed E-state index contributed by atoms with van der Waals surface area (Å²) < 4.78 is 17.9. The molecule has 1 saturated heterocycles. The molecule has 1 heterocycles. The van der Waals surface area contributed by atoms with Gasteiger partial charge >= 0.3 is 0 Å². The molecule has 1 aliphatic heterocycles. The molecule has 2 atom stereocenters. The highest BCUT2D eigenvalue weighted by molar-refractivity contribution is 6.74. The summed E-state index contributed by atoms with van der Waals surface area (Å²) in [6.45, 7) is 11.5. The van der Waals surface area contributed by atoms with Crippen molar-refractivity contribution < 1.29 is 18.7 Å². The van der Waals surface area contributed by atoms with Gasteiger partial charge < -0.3 is 13.9 Å². The molecule has 4 nitrogen and oxygen atoms in total. The standard InChI is InChI=1S/C17H30O4Si/c1-17(2,3)22(4,5)19-12-15-14(11-18)20-16(21-15)13-9-7-6-8-10-13/h11,14-15H,6-10,12H2,1-5H3/t14-,15-/m0/s1. The summed E-state index contributed by atoms with van der Waals surface area (Å²) in [5.74, 6) is 0.598. The van der Waals surface area contributed by atoms with E-state index in [0.29, 0.717) is 12.6 Å². The van der Waals surface area contributed by atoms with Gasteiger partial charge in [0.2, 0.25) is 0 Å². The third kappa shape index (κ3) is 3.93. The van der Waals surface area contributed by atoms with E-state index in [1.807, 2.05) is 0 Å². The van der Waals surface area contributed by atoms with Crippen molar-refractivity contribution in [2.75, 3.05) is 6.61 Å². The zero-order chi connectivity index (χ0) is 16.4. The van der Waals surface area contributed by atoms with E-state index < -0.39 is 14.4 Å². The Morgan fingerprint density at radius 1 is 1.18 bits per heavy atom. The maximum absolute atomic E-state index is 11.3. The summed E-state index contributed by atoms with van der Waals surface area (Å²) in [5, 5.41) is 0.147. The third-order valence-corrected chi connectivity index (χ3v) is 9.66. The second kappa shape index (κ2) is 6.75. The summed E-state index contributed by atoms with van der Waals surface area (Å²) in [7, 11) is -1.84. The topological polar surface area (TPSA) is 44.8 Å². The van der Waals surface area contributed by atoms with Crippen molar-refractivity contribution in [1.82, 2.24) is 0 Å². The van der Waals surface area contributed by atoms with E-state index in [-0.39, 0.29) is 11.1 Å². The molecule has 22 heavy (non-hydrogen) atoms. The Morgan fingerprint density at radius 2 is 1.82 bits per heavy atom. The van der Waals surface area contributed by atoms with Crippen molar-refractivity contribution in [2.45, 2.75) is 83.2 Å². The number of carbonyl (C=O) groups is 1. The average molecular weight is 327 g/mol. The molecule has 0 aromatic rings. The fourth-order valence-corrected chi connectivity index (χ4v) is 3.55. The molecule has 0 bridgehead atoms. The predicted molar refractivity (Wildman–Crippen MR) is 89.1 cm³/mol. The van der Waals surface area contributed by atoms with Gasteiger partial charge in [0, 0.05) is 5.57 Å². The van der Waals surface area contributed by atoms with Crippen LogP contribution in [0.5, 0.6) is 0 Å². The molecule has 0 amide bonds. The molecule has 2 fully saturated rings. The monoisotopic (exact) mass is 326 g/mol. The van der Waals surface area contributed by atoms with Gasteiger partial charge in [-0.05, 0) is 43.8 Å². The van der Waals surface area contributed by atoms with Crippen LogP contribution in [-0.4, -0.2) is 33.4 Å². The molecule has 0 radical (unpaired) electrons. The molecule has 1 aliphatic carbocycles. The summed E-state index contributed by atoms with van der Waals surface area (Å²) >= 11 is 0. The maximum Gasteiger partial charge on any atom is 0.279 e. The van der Waals surface area contributed by atoms with E-state index in [1.54, 1.807) is 0 Å². The largest absolute Gasteiger partial charge is 0.455 e. The van der Waals surface area contributed by atoms with Gasteiger partial charge in [0.25, 0.3) is 5.95 Å². The minimum absolute atomic E-state index is 0.147. The smallest absolute Gasteiger partial charge is 0.279 e. The van der Waals surface area contributed by atoms with E-state index >= 15 is 0 Å². The van der Waals surface area contributed by atoms with Crippen molar-refractivity contribution in [3.8, 4) is 0 Å². The third-order valence-electron chi connectivity index (χ3n) is 5.16. The highest BCUT2D eigenvalue weighted by Crippen LogP contribution is 2.38. The molecule has 0 aromatic heterocycles. The lowest BCUT2D eigenvalue weighted by atomic mass is 9.96. The lowest BCUT2D eigenvalue weighted by Crippen LogP contribution is -2.44. The molecular weight excluding hydrogens is 296 g/mol. The Kier molecular flexibility index (Phi) is 5.38. The molecule has 2 aliphatic rings. The van der Waals surface area contributed by atoms with E-state index in [4.69, 9.17) is 13.9 Å². The van der Waals surface area contributed by atoms with Crippen LogP contribution in [0.25, 0.3) is 0 Å². The van der Waals surface area contributed by atoms with Gasteiger partial charge in [-0.1, -0.05) is 27.2 Å². The van der Waals surface area contributed by atoms with Gasteiger partial charge in [0.1, 0.15) is 0 Å². The first kappa shape index (κ1) is 17.5. The average Bonchev–Trinajstić information content (AvgIpc) is 2.88. The summed E-state index contributed by atoms with van der Waals surface area (Å²) in [5.41, 5.74) is 1.23. The van der Waals surface area contributed by atoms with E-state index in [2.05, 4.69) is 33.9 Å². The van der Waals surface area contributed by atoms with Crippen molar-refractivity contribution in [3.05, 3.63) is 11.5 Å². The second-order valence-corrected chi connectivity index (χ2v) is 12.7. The van der Waals surface area contributed by atoms with Crippen LogP contribution in [0.1, 0.15) is 52.9 Å². The van der Waals surface area contributed by atoms with Crippen molar-refractivity contribution in [3.63, 3.8) is 0 Å². The molecule has 0 spiro atoms. The summed E-state index contributed by atoms with van der Waals surface area (Å²) in [6.07, 6.45) is 5.69. The Bertz CT molecular complexity index is 428. The minimum atomic E-state index is -1.84. The van der Waals surface area contributed by atoms with Gasteiger partial charge in [0.05, 0.1) is 6.61 Å². The van der Waals surface area contributed by atoms with Crippen molar-refractivity contribution >= 4 is 14.6 Å². The molecule has 2 rings (SSSR count). The van der Waals surface area contributed by atoms with Crippen LogP contribution in [0, 0.1) is 0 Å². The number of hydrogen-bond donors (Lipinski definition) is 0. The first-order valence-corrected chi connectivity index (χ1v) is 11.3. The Hall–Kier alpha value is -0.813. The number of aldehydes is 1. The Morgan fingerprint density at radius 3 is 2.36 bits per heavy atom. The number of carbonyl (C=O) groups excluding carboxylic acids is 1. The molecular formula is C17H30O4Si. The van der Waals surface area contributed by atoms with Crippen molar-refractivity contribution in [1.29, 1.82) is 0 Å². The van der Waals surface area contributed by atoms with Crippen LogP contribution in [0.3, 0.4) is 0 Å². The van der Waals surface area contributed by atoms with E-state index in [9.17, 15) is 4.79 Å². The quantitative estimate of drug-likeness (QED) is 0.574. The van der Waals surface area contributed by atoms with Gasteiger partial charge in [0.15, 0.2) is 26.8 Å². The normalized spacial score (nSPS) is 26.6. The van der Waals surface area contributed by atoms with Gasteiger partial charge in [-0.2, -0.15) is 0 Å².